The second-order valence-corrected chi connectivity index (χ2v) is 6.79. The van der Waals surface area contributed by atoms with Gasteiger partial charge in [0.15, 0.2) is 24.2 Å². The predicted octanol–water partition coefficient (Wildman–Crippen LogP) is 2.47. The first-order valence-corrected chi connectivity index (χ1v) is 9.67. The van der Waals surface area contributed by atoms with Gasteiger partial charge in [0.05, 0.1) is 7.11 Å². The van der Waals surface area contributed by atoms with Crippen LogP contribution in [0.2, 0.25) is 5.02 Å². The zero-order chi connectivity index (χ0) is 22.8. The van der Waals surface area contributed by atoms with Crippen LogP contribution < -0.4 is 20.5 Å². The van der Waals surface area contributed by atoms with Crippen molar-refractivity contribution in [3.63, 3.8) is 0 Å². The molecule has 2 amide bonds. The van der Waals surface area contributed by atoms with Crippen LogP contribution in [0.5, 0.6) is 11.5 Å². The van der Waals surface area contributed by atoms with Crippen molar-refractivity contribution < 1.29 is 28.6 Å². The van der Waals surface area contributed by atoms with E-state index in [0.717, 1.165) is 5.56 Å². The molecule has 0 fully saturated rings. The monoisotopic (exact) mass is 446 g/mol. The lowest BCUT2D eigenvalue weighted by Crippen LogP contribution is -2.35. The molecule has 31 heavy (non-hydrogen) atoms. The Bertz CT molecular complexity index is 976. The van der Waals surface area contributed by atoms with Gasteiger partial charge in [-0.25, -0.2) is 4.79 Å². The van der Waals surface area contributed by atoms with Gasteiger partial charge in [-0.15, -0.1) is 0 Å². The Morgan fingerprint density at radius 3 is 2.58 bits per heavy atom. The SMILES string of the molecule is COc1cc(/C=C/C(=O)OC(C)C(=O)NCc2ccccc2Cl)ccc1OCC(N)=O. The molecule has 3 N–H and O–H groups in total. The molecule has 0 saturated heterocycles. The molecule has 0 radical (unpaired) electrons. The quantitative estimate of drug-likeness (QED) is 0.427. The van der Waals surface area contributed by atoms with Gasteiger partial charge in [-0.2, -0.15) is 0 Å². The Hall–Kier alpha value is -3.52. The van der Waals surface area contributed by atoms with E-state index in [1.165, 1.54) is 26.2 Å². The third kappa shape index (κ3) is 7.67. The lowest BCUT2D eigenvalue weighted by Gasteiger charge is -2.13. The second-order valence-electron chi connectivity index (χ2n) is 6.39. The van der Waals surface area contributed by atoms with Crippen LogP contribution in [0.4, 0.5) is 0 Å². The fourth-order valence-corrected chi connectivity index (χ4v) is 2.66. The first-order chi connectivity index (χ1) is 14.8. The highest BCUT2D eigenvalue weighted by molar-refractivity contribution is 6.31. The number of amides is 2. The van der Waals surface area contributed by atoms with Crippen LogP contribution in [0.1, 0.15) is 18.1 Å². The number of hydrogen-bond acceptors (Lipinski definition) is 6. The average molecular weight is 447 g/mol. The molecule has 0 bridgehead atoms. The Balaban J connectivity index is 1.89. The van der Waals surface area contributed by atoms with E-state index in [0.29, 0.717) is 22.1 Å². The molecule has 0 aromatic heterocycles. The number of carbonyl (C=O) groups is 3. The first-order valence-electron chi connectivity index (χ1n) is 9.29. The van der Waals surface area contributed by atoms with Crippen LogP contribution in [-0.4, -0.2) is 37.6 Å². The number of rotatable bonds is 10. The lowest BCUT2D eigenvalue weighted by molar-refractivity contribution is -0.150. The Morgan fingerprint density at radius 1 is 1.16 bits per heavy atom. The van der Waals surface area contributed by atoms with Crippen molar-refractivity contribution in [1.29, 1.82) is 0 Å². The summed E-state index contributed by atoms with van der Waals surface area (Å²) in [6.45, 7) is 1.41. The van der Waals surface area contributed by atoms with E-state index in [1.54, 1.807) is 36.4 Å². The number of benzene rings is 2. The molecule has 1 unspecified atom stereocenters. The minimum absolute atomic E-state index is 0.222. The van der Waals surface area contributed by atoms with Gasteiger partial charge in [-0.1, -0.05) is 35.9 Å². The number of nitrogens with two attached hydrogens (primary N) is 1. The number of hydrogen-bond donors (Lipinski definition) is 2. The summed E-state index contributed by atoms with van der Waals surface area (Å²) in [6, 6.07) is 12.0. The number of primary amides is 1. The topological polar surface area (TPSA) is 117 Å². The number of halogens is 1. The maximum Gasteiger partial charge on any atom is 0.331 e. The number of ether oxygens (including phenoxy) is 3. The van der Waals surface area contributed by atoms with Crippen LogP contribution in [0.3, 0.4) is 0 Å². The lowest BCUT2D eigenvalue weighted by atomic mass is 10.2. The molecular formula is C22H23ClN2O6. The van der Waals surface area contributed by atoms with Crippen LogP contribution in [0.15, 0.2) is 48.5 Å². The molecule has 2 rings (SSSR count). The summed E-state index contributed by atoms with van der Waals surface area (Å²) in [5.41, 5.74) is 6.44. The van der Waals surface area contributed by atoms with E-state index in [4.69, 9.17) is 31.5 Å². The van der Waals surface area contributed by atoms with Gasteiger partial charge in [0.2, 0.25) is 0 Å². The van der Waals surface area contributed by atoms with Crippen molar-refractivity contribution in [1.82, 2.24) is 5.32 Å². The first kappa shape index (κ1) is 23.8. The summed E-state index contributed by atoms with van der Waals surface area (Å²) in [7, 11) is 1.44. The van der Waals surface area contributed by atoms with Crippen LogP contribution >= 0.6 is 11.6 Å². The standard InChI is InChI=1S/C22H23ClN2O6/c1-14(22(28)25-12-16-5-3-4-6-17(16)23)31-21(27)10-8-15-7-9-18(19(11-15)29-2)30-13-20(24)26/h3-11,14H,12-13H2,1-2H3,(H2,24,26)(H,25,28)/b10-8+. The van der Waals surface area contributed by atoms with Crippen molar-refractivity contribution in [3.05, 3.63) is 64.7 Å². The molecule has 2 aromatic carbocycles. The van der Waals surface area contributed by atoms with E-state index < -0.39 is 23.9 Å². The number of esters is 1. The van der Waals surface area contributed by atoms with Crippen LogP contribution in [-0.2, 0) is 25.7 Å². The third-order valence-electron chi connectivity index (χ3n) is 4.04. The molecule has 0 aliphatic carbocycles. The summed E-state index contributed by atoms with van der Waals surface area (Å²) in [6.07, 6.45) is 1.70. The molecular weight excluding hydrogens is 424 g/mol. The van der Waals surface area contributed by atoms with Gasteiger partial charge in [-0.3, -0.25) is 9.59 Å². The third-order valence-corrected chi connectivity index (χ3v) is 4.41. The maximum absolute atomic E-state index is 12.1. The smallest absolute Gasteiger partial charge is 0.331 e. The van der Waals surface area contributed by atoms with Crippen LogP contribution in [0, 0.1) is 0 Å². The molecule has 164 valence electrons. The van der Waals surface area contributed by atoms with E-state index in [1.807, 2.05) is 6.07 Å². The number of nitrogens with one attached hydrogen (secondary N) is 1. The van der Waals surface area contributed by atoms with E-state index >= 15 is 0 Å². The molecule has 9 heteroatoms. The van der Waals surface area contributed by atoms with Gasteiger partial charge >= 0.3 is 5.97 Å². The molecule has 0 aliphatic rings. The minimum atomic E-state index is -0.987. The highest BCUT2D eigenvalue weighted by atomic mass is 35.5. The Kier molecular flexibility index (Phi) is 8.90. The largest absolute Gasteiger partial charge is 0.493 e. The normalized spacial score (nSPS) is 11.6. The molecule has 0 heterocycles. The van der Waals surface area contributed by atoms with Gasteiger partial charge in [-0.05, 0) is 42.3 Å². The molecule has 0 spiro atoms. The molecule has 8 nitrogen and oxygen atoms in total. The van der Waals surface area contributed by atoms with Crippen molar-refractivity contribution in [2.45, 2.75) is 19.6 Å². The highest BCUT2D eigenvalue weighted by Crippen LogP contribution is 2.28. The highest BCUT2D eigenvalue weighted by Gasteiger charge is 2.16. The predicted molar refractivity (Wildman–Crippen MR) is 116 cm³/mol. The Labute approximate surface area is 184 Å². The van der Waals surface area contributed by atoms with Crippen molar-refractivity contribution in [3.8, 4) is 11.5 Å². The van der Waals surface area contributed by atoms with E-state index in [-0.39, 0.29) is 13.2 Å². The molecule has 0 saturated carbocycles. The van der Waals surface area contributed by atoms with Crippen LogP contribution in [0.25, 0.3) is 6.08 Å². The molecule has 2 aromatic rings. The van der Waals surface area contributed by atoms with Crippen molar-refractivity contribution >= 4 is 35.5 Å². The van der Waals surface area contributed by atoms with Crippen molar-refractivity contribution in [2.24, 2.45) is 5.73 Å². The van der Waals surface area contributed by atoms with E-state index in [2.05, 4.69) is 5.32 Å². The summed E-state index contributed by atoms with van der Waals surface area (Å²) in [4.78, 5) is 35.0. The minimum Gasteiger partial charge on any atom is -0.493 e. The van der Waals surface area contributed by atoms with Gasteiger partial charge in [0.25, 0.3) is 11.8 Å². The molecule has 0 aliphatic heterocycles. The van der Waals surface area contributed by atoms with Gasteiger partial charge < -0.3 is 25.3 Å². The second kappa shape index (κ2) is 11.6. The van der Waals surface area contributed by atoms with Gasteiger partial charge in [0.1, 0.15) is 0 Å². The summed E-state index contributed by atoms with van der Waals surface area (Å²) in [5.74, 6) is -1.04. The zero-order valence-electron chi connectivity index (χ0n) is 17.1. The summed E-state index contributed by atoms with van der Waals surface area (Å²) < 4.78 is 15.6. The fraction of sp³-hybridized carbons (Fsp3) is 0.227. The summed E-state index contributed by atoms with van der Waals surface area (Å²) in [5, 5.41) is 3.21. The molecule has 1 atom stereocenters. The van der Waals surface area contributed by atoms with Crippen molar-refractivity contribution in [2.75, 3.05) is 13.7 Å². The number of methoxy groups -OCH3 is 1. The van der Waals surface area contributed by atoms with Gasteiger partial charge in [0, 0.05) is 17.6 Å². The van der Waals surface area contributed by atoms with E-state index in [9.17, 15) is 14.4 Å². The maximum atomic E-state index is 12.1. The number of carbonyl (C=O) groups excluding carboxylic acids is 3. The Morgan fingerprint density at radius 2 is 1.90 bits per heavy atom. The zero-order valence-corrected chi connectivity index (χ0v) is 17.8. The fourth-order valence-electron chi connectivity index (χ4n) is 2.46. The summed E-state index contributed by atoms with van der Waals surface area (Å²) >= 11 is 6.05. The average Bonchev–Trinajstić information content (AvgIpc) is 2.75.